The van der Waals surface area contributed by atoms with Crippen molar-refractivity contribution in [1.82, 2.24) is 14.5 Å². The van der Waals surface area contributed by atoms with Crippen LogP contribution in [0.25, 0.3) is 0 Å². The molecule has 2 aromatic rings. The Labute approximate surface area is 105 Å². The molecule has 0 aliphatic heterocycles. The molecule has 3 nitrogen and oxygen atoms in total. The lowest BCUT2D eigenvalue weighted by molar-refractivity contribution is 0.628. The topological polar surface area (TPSA) is 30.7 Å². The lowest BCUT2D eigenvalue weighted by Gasteiger charge is -2.14. The highest BCUT2D eigenvalue weighted by atomic mass is 35.5. The van der Waals surface area contributed by atoms with Crippen molar-refractivity contribution in [3.63, 3.8) is 0 Å². The average Bonchev–Trinajstić information content (AvgIpc) is 2.73. The van der Waals surface area contributed by atoms with Crippen LogP contribution in [0.2, 0.25) is 5.15 Å². The molecule has 4 heteroatoms. The van der Waals surface area contributed by atoms with Crippen LogP contribution in [0.3, 0.4) is 0 Å². The van der Waals surface area contributed by atoms with Crippen molar-refractivity contribution in [3.05, 3.63) is 46.8 Å². The molecule has 17 heavy (non-hydrogen) atoms. The third-order valence-electron chi connectivity index (χ3n) is 3.25. The first-order chi connectivity index (χ1) is 8.33. The summed E-state index contributed by atoms with van der Waals surface area (Å²) >= 11 is 5.89. The van der Waals surface area contributed by atoms with Crippen LogP contribution in [0.5, 0.6) is 0 Å². The number of aromatic nitrogens is 3. The second-order valence-corrected chi connectivity index (χ2v) is 4.85. The van der Waals surface area contributed by atoms with Crippen molar-refractivity contribution in [2.45, 2.75) is 32.2 Å². The fourth-order valence-electron chi connectivity index (χ4n) is 2.40. The van der Waals surface area contributed by atoms with Gasteiger partial charge in [0.25, 0.3) is 0 Å². The maximum atomic E-state index is 5.89. The third kappa shape index (κ3) is 2.20. The molecule has 0 radical (unpaired) electrons. The predicted molar refractivity (Wildman–Crippen MR) is 67.2 cm³/mol. The van der Waals surface area contributed by atoms with Crippen LogP contribution >= 0.6 is 11.6 Å². The minimum absolute atomic E-state index is 0.552. The van der Waals surface area contributed by atoms with Gasteiger partial charge in [-0.05, 0) is 43.4 Å². The first-order valence-corrected chi connectivity index (χ1v) is 6.34. The number of pyridine rings is 1. The van der Waals surface area contributed by atoms with Crippen LogP contribution in [-0.4, -0.2) is 14.5 Å². The van der Waals surface area contributed by atoms with E-state index in [0.717, 1.165) is 19.4 Å². The Bertz CT molecular complexity index is 533. The van der Waals surface area contributed by atoms with Crippen molar-refractivity contribution < 1.29 is 0 Å². The highest BCUT2D eigenvalue weighted by Gasteiger charge is 2.15. The number of imidazole rings is 1. The molecule has 0 saturated heterocycles. The van der Waals surface area contributed by atoms with Crippen molar-refractivity contribution in [2.24, 2.45) is 0 Å². The molecule has 3 rings (SSSR count). The van der Waals surface area contributed by atoms with Crippen LogP contribution in [0.4, 0.5) is 0 Å². The highest BCUT2D eigenvalue weighted by Crippen LogP contribution is 2.21. The maximum Gasteiger partial charge on any atom is 0.129 e. The van der Waals surface area contributed by atoms with Gasteiger partial charge in [0.1, 0.15) is 5.15 Å². The van der Waals surface area contributed by atoms with E-state index in [0.29, 0.717) is 5.15 Å². The molecule has 2 heterocycles. The predicted octanol–water partition coefficient (Wildman–Crippen LogP) is 2.86. The molecule has 0 unspecified atom stereocenters. The summed E-state index contributed by atoms with van der Waals surface area (Å²) in [6.45, 7) is 0.838. The van der Waals surface area contributed by atoms with Crippen LogP contribution in [0.15, 0.2) is 24.7 Å². The zero-order valence-corrected chi connectivity index (χ0v) is 10.3. The second-order valence-electron chi connectivity index (χ2n) is 4.46. The number of hydrogen-bond donors (Lipinski definition) is 0. The van der Waals surface area contributed by atoms with Gasteiger partial charge >= 0.3 is 0 Å². The van der Waals surface area contributed by atoms with Gasteiger partial charge in [-0.15, -0.1) is 0 Å². The first-order valence-electron chi connectivity index (χ1n) is 5.96. The molecule has 88 valence electrons. The van der Waals surface area contributed by atoms with Crippen LogP contribution < -0.4 is 0 Å². The molecule has 0 amide bonds. The molecule has 0 atom stereocenters. The Morgan fingerprint density at radius 2 is 2.12 bits per heavy atom. The van der Waals surface area contributed by atoms with Gasteiger partial charge in [0, 0.05) is 18.4 Å². The normalized spacial score (nSPS) is 14.6. The smallest absolute Gasteiger partial charge is 0.129 e. The fourth-order valence-corrected chi connectivity index (χ4v) is 2.60. The molecular formula is C13H14ClN3. The largest absolute Gasteiger partial charge is 0.330 e. The van der Waals surface area contributed by atoms with Gasteiger partial charge in [-0.25, -0.2) is 9.97 Å². The minimum atomic E-state index is 0.552. The summed E-state index contributed by atoms with van der Waals surface area (Å²) in [5.41, 5.74) is 3.84. The van der Waals surface area contributed by atoms with Gasteiger partial charge in [0.05, 0.1) is 12.0 Å². The highest BCUT2D eigenvalue weighted by molar-refractivity contribution is 6.29. The summed E-state index contributed by atoms with van der Waals surface area (Å²) in [6, 6.07) is 3.91. The molecule has 2 aromatic heterocycles. The molecule has 0 N–H and O–H groups in total. The molecule has 0 aromatic carbocycles. The van der Waals surface area contributed by atoms with E-state index < -0.39 is 0 Å². The molecule has 1 aliphatic rings. The maximum absolute atomic E-state index is 5.89. The van der Waals surface area contributed by atoms with Gasteiger partial charge in [0.2, 0.25) is 0 Å². The number of hydrogen-bond acceptors (Lipinski definition) is 2. The Balaban J connectivity index is 1.88. The number of fused-ring (bicyclic) bond motifs is 1. The van der Waals surface area contributed by atoms with Gasteiger partial charge in [-0.2, -0.15) is 0 Å². The zero-order chi connectivity index (χ0) is 11.7. The van der Waals surface area contributed by atoms with Gasteiger partial charge < -0.3 is 4.57 Å². The van der Waals surface area contributed by atoms with Crippen molar-refractivity contribution in [2.75, 3.05) is 0 Å². The van der Waals surface area contributed by atoms with E-state index in [-0.39, 0.29) is 0 Å². The molecule has 0 saturated carbocycles. The lowest BCUT2D eigenvalue weighted by Crippen LogP contribution is -2.09. The summed E-state index contributed by atoms with van der Waals surface area (Å²) < 4.78 is 2.24. The van der Waals surface area contributed by atoms with E-state index in [1.54, 1.807) is 6.20 Å². The standard InChI is InChI=1S/C13H14ClN3/c14-13-7-10(5-6-15-13)8-17-9-16-11-3-1-2-4-12(11)17/h5-7,9H,1-4,8H2. The van der Waals surface area contributed by atoms with E-state index in [1.807, 2.05) is 18.5 Å². The Kier molecular flexibility index (Phi) is 2.85. The number of aryl methyl sites for hydroxylation is 1. The quantitative estimate of drug-likeness (QED) is 0.764. The van der Waals surface area contributed by atoms with Gasteiger partial charge in [0.15, 0.2) is 0 Å². The average molecular weight is 248 g/mol. The van der Waals surface area contributed by atoms with Crippen LogP contribution in [0, 0.1) is 0 Å². The van der Waals surface area contributed by atoms with Gasteiger partial charge in [-0.3, -0.25) is 0 Å². The monoisotopic (exact) mass is 247 g/mol. The number of nitrogens with zero attached hydrogens (tertiary/aromatic N) is 3. The summed E-state index contributed by atoms with van der Waals surface area (Å²) in [5.74, 6) is 0. The Hall–Kier alpha value is -1.35. The van der Waals surface area contributed by atoms with Crippen LogP contribution in [-0.2, 0) is 19.4 Å². The zero-order valence-electron chi connectivity index (χ0n) is 9.56. The molecule has 1 aliphatic carbocycles. The number of halogens is 1. The summed E-state index contributed by atoms with van der Waals surface area (Å²) in [5, 5.41) is 0.552. The third-order valence-corrected chi connectivity index (χ3v) is 3.46. The SMILES string of the molecule is Clc1cc(Cn2cnc3c2CCCC3)ccn1. The fraction of sp³-hybridized carbons (Fsp3) is 0.385. The lowest BCUT2D eigenvalue weighted by atomic mass is 10.0. The summed E-state index contributed by atoms with van der Waals surface area (Å²) in [7, 11) is 0. The van der Waals surface area contributed by atoms with E-state index in [9.17, 15) is 0 Å². The van der Waals surface area contributed by atoms with E-state index in [1.165, 1.54) is 29.8 Å². The van der Waals surface area contributed by atoms with E-state index in [2.05, 4.69) is 14.5 Å². The van der Waals surface area contributed by atoms with Crippen LogP contribution in [0.1, 0.15) is 29.8 Å². The minimum Gasteiger partial charge on any atom is -0.330 e. The van der Waals surface area contributed by atoms with Gasteiger partial charge in [-0.1, -0.05) is 11.6 Å². The number of rotatable bonds is 2. The molecular weight excluding hydrogens is 234 g/mol. The molecule has 0 spiro atoms. The van der Waals surface area contributed by atoms with Crippen molar-refractivity contribution >= 4 is 11.6 Å². The Morgan fingerprint density at radius 1 is 1.24 bits per heavy atom. The Morgan fingerprint density at radius 3 is 3.00 bits per heavy atom. The van der Waals surface area contributed by atoms with Crippen molar-refractivity contribution in [3.8, 4) is 0 Å². The van der Waals surface area contributed by atoms with Crippen molar-refractivity contribution in [1.29, 1.82) is 0 Å². The first kappa shape index (κ1) is 10.8. The second kappa shape index (κ2) is 4.49. The van der Waals surface area contributed by atoms with E-state index >= 15 is 0 Å². The summed E-state index contributed by atoms with van der Waals surface area (Å²) in [6.07, 6.45) is 8.51. The molecule has 0 bridgehead atoms. The molecule has 0 fully saturated rings. The van der Waals surface area contributed by atoms with E-state index in [4.69, 9.17) is 11.6 Å². The summed E-state index contributed by atoms with van der Waals surface area (Å²) in [4.78, 5) is 8.49.